The third kappa shape index (κ3) is 7.54. The van der Waals surface area contributed by atoms with Gasteiger partial charge in [-0.2, -0.15) is 0 Å². The third-order valence-electron chi connectivity index (χ3n) is 6.07. The van der Waals surface area contributed by atoms with E-state index in [1.54, 1.807) is 18.2 Å². The molecule has 0 spiro atoms. The average molecular weight is 483 g/mol. The molecule has 4 rings (SSSR count). The Hall–Kier alpha value is -3.92. The Kier molecular flexibility index (Phi) is 9.40. The van der Waals surface area contributed by atoms with Crippen LogP contribution in [0.25, 0.3) is 11.1 Å². The average Bonchev–Trinajstić information content (AvgIpc) is 2.87. The molecule has 1 aromatic heterocycles. The van der Waals surface area contributed by atoms with Gasteiger partial charge in [-0.25, -0.2) is 9.37 Å². The van der Waals surface area contributed by atoms with E-state index in [-0.39, 0.29) is 5.82 Å². The van der Waals surface area contributed by atoms with Crippen LogP contribution in [0.3, 0.4) is 0 Å². The summed E-state index contributed by atoms with van der Waals surface area (Å²) in [5, 5.41) is 9.78. The van der Waals surface area contributed by atoms with Gasteiger partial charge in [-0.3, -0.25) is 0 Å². The van der Waals surface area contributed by atoms with Crippen LogP contribution < -0.4 is 4.90 Å². The number of phenols is 1. The fourth-order valence-electron chi connectivity index (χ4n) is 4.06. The molecule has 0 aliphatic rings. The molecule has 36 heavy (non-hydrogen) atoms. The van der Waals surface area contributed by atoms with Crippen LogP contribution in [-0.4, -0.2) is 24.2 Å². The summed E-state index contributed by atoms with van der Waals surface area (Å²) in [4.78, 5) is 6.49. The van der Waals surface area contributed by atoms with E-state index in [1.165, 1.54) is 28.8 Å². The SMILES string of the molecule is C=CCc1cc(O)ccc1C(C)Cc1ccc(-c2ccc(N(C)C)nc2)cc1.Cc1ccc(F)cc1. The summed E-state index contributed by atoms with van der Waals surface area (Å²) in [6.07, 6.45) is 5.52. The monoisotopic (exact) mass is 482 g/mol. The fourth-order valence-corrected chi connectivity index (χ4v) is 4.06. The van der Waals surface area contributed by atoms with Gasteiger partial charge in [0.05, 0.1) is 0 Å². The predicted molar refractivity (Wildman–Crippen MR) is 149 cm³/mol. The van der Waals surface area contributed by atoms with Crippen molar-refractivity contribution < 1.29 is 9.50 Å². The summed E-state index contributed by atoms with van der Waals surface area (Å²) in [6, 6.07) is 24.9. The Morgan fingerprint density at radius 2 is 1.61 bits per heavy atom. The number of hydrogen-bond acceptors (Lipinski definition) is 3. The zero-order valence-electron chi connectivity index (χ0n) is 21.6. The third-order valence-corrected chi connectivity index (χ3v) is 6.07. The van der Waals surface area contributed by atoms with Crippen LogP contribution in [-0.2, 0) is 12.8 Å². The maximum Gasteiger partial charge on any atom is 0.127 e. The number of halogens is 1. The molecular formula is C32H35FN2O. The summed E-state index contributed by atoms with van der Waals surface area (Å²) >= 11 is 0. The minimum atomic E-state index is -0.171. The van der Waals surface area contributed by atoms with Crippen molar-refractivity contribution in [1.29, 1.82) is 0 Å². The lowest BCUT2D eigenvalue weighted by Crippen LogP contribution is -2.09. The van der Waals surface area contributed by atoms with Crippen LogP contribution in [0, 0.1) is 12.7 Å². The molecule has 0 saturated carbocycles. The van der Waals surface area contributed by atoms with Crippen molar-refractivity contribution in [2.45, 2.75) is 32.6 Å². The smallest absolute Gasteiger partial charge is 0.127 e. The lowest BCUT2D eigenvalue weighted by atomic mass is 9.88. The largest absolute Gasteiger partial charge is 0.508 e. The second-order valence-electron chi connectivity index (χ2n) is 9.27. The number of phenolic OH excluding ortho intramolecular Hbond substituents is 1. The first-order valence-electron chi connectivity index (χ1n) is 12.1. The number of anilines is 1. The van der Waals surface area contributed by atoms with Gasteiger partial charge in [0.25, 0.3) is 0 Å². The summed E-state index contributed by atoms with van der Waals surface area (Å²) < 4.78 is 12.1. The van der Waals surface area contributed by atoms with Crippen molar-refractivity contribution in [3.8, 4) is 16.9 Å². The van der Waals surface area contributed by atoms with Crippen molar-refractivity contribution in [3.63, 3.8) is 0 Å². The molecule has 0 amide bonds. The first-order valence-corrected chi connectivity index (χ1v) is 12.1. The number of allylic oxidation sites excluding steroid dienone is 1. The van der Waals surface area contributed by atoms with E-state index in [0.29, 0.717) is 11.7 Å². The molecule has 3 aromatic carbocycles. The van der Waals surface area contributed by atoms with Crippen LogP contribution in [0.4, 0.5) is 10.2 Å². The number of aromatic nitrogens is 1. The maximum atomic E-state index is 12.1. The molecule has 0 aliphatic carbocycles. The van der Waals surface area contributed by atoms with E-state index in [4.69, 9.17) is 0 Å². The van der Waals surface area contributed by atoms with Crippen LogP contribution in [0.1, 0.15) is 35.1 Å². The highest BCUT2D eigenvalue weighted by atomic mass is 19.1. The molecule has 0 fully saturated rings. The lowest BCUT2D eigenvalue weighted by Gasteiger charge is -2.17. The highest BCUT2D eigenvalue weighted by Crippen LogP contribution is 2.28. The number of pyridine rings is 1. The topological polar surface area (TPSA) is 36.4 Å². The molecule has 1 N–H and O–H groups in total. The number of rotatable bonds is 7. The maximum absolute atomic E-state index is 12.1. The van der Waals surface area contributed by atoms with Gasteiger partial charge in [-0.05, 0) is 84.3 Å². The standard InChI is InChI=1S/C25H28N2O.C7H7F/c1-5-6-21-16-23(28)12-13-24(21)18(2)15-19-7-9-20(10-8-19)22-11-14-25(26-17-22)27(3)4;1-6-2-4-7(8)5-3-6/h5,7-14,16-18,28H,1,6,15H2,2-4H3;2-5H,1H3. The first-order chi connectivity index (χ1) is 17.3. The summed E-state index contributed by atoms with van der Waals surface area (Å²) in [5.41, 5.74) is 7.10. The number of aromatic hydroxyl groups is 1. The van der Waals surface area contributed by atoms with Gasteiger partial charge in [0.15, 0.2) is 0 Å². The van der Waals surface area contributed by atoms with Gasteiger partial charge < -0.3 is 10.0 Å². The Morgan fingerprint density at radius 3 is 2.17 bits per heavy atom. The molecule has 186 valence electrons. The fraction of sp³-hybridized carbons (Fsp3) is 0.219. The Morgan fingerprint density at radius 1 is 0.944 bits per heavy atom. The van der Waals surface area contributed by atoms with E-state index < -0.39 is 0 Å². The van der Waals surface area contributed by atoms with E-state index in [2.05, 4.69) is 48.8 Å². The van der Waals surface area contributed by atoms with Crippen LogP contribution >= 0.6 is 0 Å². The van der Waals surface area contributed by atoms with Crippen molar-refractivity contribution in [2.75, 3.05) is 19.0 Å². The van der Waals surface area contributed by atoms with Crippen molar-refractivity contribution >= 4 is 5.82 Å². The molecule has 0 aliphatic heterocycles. The van der Waals surface area contributed by atoms with Gasteiger partial charge >= 0.3 is 0 Å². The Bertz CT molecular complexity index is 1230. The van der Waals surface area contributed by atoms with Gasteiger partial charge in [0.1, 0.15) is 17.4 Å². The lowest BCUT2D eigenvalue weighted by molar-refractivity contribution is 0.474. The van der Waals surface area contributed by atoms with Crippen LogP contribution in [0.15, 0.2) is 97.7 Å². The molecule has 1 unspecified atom stereocenters. The normalized spacial score (nSPS) is 11.2. The number of hydrogen-bond donors (Lipinski definition) is 1. The van der Waals surface area contributed by atoms with Crippen molar-refractivity contribution in [1.82, 2.24) is 4.98 Å². The molecule has 0 radical (unpaired) electrons. The summed E-state index contributed by atoms with van der Waals surface area (Å²) in [5.74, 6) is 1.46. The van der Waals surface area contributed by atoms with E-state index in [0.717, 1.165) is 35.3 Å². The second kappa shape index (κ2) is 12.7. The molecule has 0 bridgehead atoms. The van der Waals surface area contributed by atoms with Crippen LogP contribution in [0.2, 0.25) is 0 Å². The molecular weight excluding hydrogens is 447 g/mol. The molecule has 3 nitrogen and oxygen atoms in total. The summed E-state index contributed by atoms with van der Waals surface area (Å²) in [6.45, 7) is 8.00. The highest BCUT2D eigenvalue weighted by Gasteiger charge is 2.12. The predicted octanol–water partition coefficient (Wildman–Crippen LogP) is 7.73. The molecule has 4 aromatic rings. The number of benzene rings is 3. The van der Waals surface area contributed by atoms with E-state index in [9.17, 15) is 9.50 Å². The zero-order chi connectivity index (χ0) is 26.1. The highest BCUT2D eigenvalue weighted by molar-refractivity contribution is 5.64. The summed E-state index contributed by atoms with van der Waals surface area (Å²) in [7, 11) is 3.99. The quantitative estimate of drug-likeness (QED) is 0.274. The minimum absolute atomic E-state index is 0.171. The van der Waals surface area contributed by atoms with E-state index in [1.807, 2.05) is 56.4 Å². The van der Waals surface area contributed by atoms with Gasteiger partial charge in [0.2, 0.25) is 0 Å². The van der Waals surface area contributed by atoms with E-state index >= 15 is 0 Å². The molecule has 0 saturated heterocycles. The first kappa shape index (κ1) is 26.7. The number of nitrogens with zero attached hydrogens (tertiary/aromatic N) is 2. The Labute approximate surface area is 214 Å². The van der Waals surface area contributed by atoms with Gasteiger partial charge in [-0.15, -0.1) is 6.58 Å². The Balaban J connectivity index is 0.000000383. The molecule has 1 atom stereocenters. The van der Waals surface area contributed by atoms with Gasteiger partial charge in [0, 0.05) is 25.9 Å². The molecule has 4 heteroatoms. The molecule has 1 heterocycles. The van der Waals surface area contributed by atoms with Gasteiger partial charge in [-0.1, -0.05) is 61.0 Å². The second-order valence-corrected chi connectivity index (χ2v) is 9.27. The van der Waals surface area contributed by atoms with Crippen molar-refractivity contribution in [2.24, 2.45) is 0 Å². The zero-order valence-corrected chi connectivity index (χ0v) is 21.6. The van der Waals surface area contributed by atoms with Crippen LogP contribution in [0.5, 0.6) is 5.75 Å². The van der Waals surface area contributed by atoms with Crippen molar-refractivity contribution in [3.05, 3.63) is 126 Å². The number of aryl methyl sites for hydroxylation is 1. The minimum Gasteiger partial charge on any atom is -0.508 e.